The highest BCUT2D eigenvalue weighted by Crippen LogP contribution is 1.94. The minimum Gasteiger partial charge on any atom is -0.379 e. The van der Waals surface area contributed by atoms with E-state index >= 15 is 0 Å². The van der Waals surface area contributed by atoms with Crippen molar-refractivity contribution in [2.45, 2.75) is 6.92 Å². The number of rotatable bonds is 4. The maximum absolute atomic E-state index is 5.29. The normalized spacial score (nSPS) is 17.8. The topological polar surface area (TPSA) is 48.9 Å². The second-order valence-corrected chi connectivity index (χ2v) is 3.48. The van der Waals surface area contributed by atoms with Crippen molar-refractivity contribution in [2.75, 3.05) is 53.0 Å². The van der Waals surface area contributed by atoms with Crippen LogP contribution in [0.15, 0.2) is 4.99 Å². The summed E-state index contributed by atoms with van der Waals surface area (Å²) in [5, 5.41) is 6.44. The van der Waals surface area contributed by atoms with Crippen LogP contribution in [0.2, 0.25) is 0 Å². The van der Waals surface area contributed by atoms with Crippen molar-refractivity contribution in [2.24, 2.45) is 4.99 Å². The van der Waals surface area contributed by atoms with E-state index in [-0.39, 0.29) is 24.0 Å². The fourth-order valence-corrected chi connectivity index (χ4v) is 1.55. The van der Waals surface area contributed by atoms with Crippen molar-refractivity contribution < 1.29 is 4.74 Å². The fourth-order valence-electron chi connectivity index (χ4n) is 1.55. The second-order valence-electron chi connectivity index (χ2n) is 3.48. The van der Waals surface area contributed by atoms with Crippen LogP contribution in [0.4, 0.5) is 0 Å². The van der Waals surface area contributed by atoms with Crippen LogP contribution >= 0.6 is 24.0 Å². The van der Waals surface area contributed by atoms with E-state index in [0.29, 0.717) is 0 Å². The Kier molecular flexibility index (Phi) is 10.0. The third-order valence-electron chi connectivity index (χ3n) is 2.39. The Balaban J connectivity index is 0.00000225. The van der Waals surface area contributed by atoms with E-state index in [2.05, 4.69) is 27.4 Å². The summed E-state index contributed by atoms with van der Waals surface area (Å²) < 4.78 is 5.29. The van der Waals surface area contributed by atoms with Crippen LogP contribution in [-0.2, 0) is 4.74 Å². The Bertz CT molecular complexity index is 195. The summed E-state index contributed by atoms with van der Waals surface area (Å²) in [7, 11) is 1.79. The number of hydrogen-bond acceptors (Lipinski definition) is 3. The van der Waals surface area contributed by atoms with Gasteiger partial charge in [0.15, 0.2) is 5.96 Å². The van der Waals surface area contributed by atoms with Crippen molar-refractivity contribution in [1.82, 2.24) is 15.5 Å². The van der Waals surface area contributed by atoms with Crippen molar-refractivity contribution in [1.29, 1.82) is 0 Å². The molecule has 96 valence electrons. The van der Waals surface area contributed by atoms with Gasteiger partial charge in [0.2, 0.25) is 0 Å². The Morgan fingerprint density at radius 2 is 2.00 bits per heavy atom. The van der Waals surface area contributed by atoms with Gasteiger partial charge in [-0.05, 0) is 6.92 Å². The number of nitrogens with zero attached hydrogens (tertiary/aromatic N) is 2. The first kappa shape index (κ1) is 15.9. The summed E-state index contributed by atoms with van der Waals surface area (Å²) in [6, 6.07) is 0. The summed E-state index contributed by atoms with van der Waals surface area (Å²) in [6.45, 7) is 8.76. The Morgan fingerprint density at radius 3 is 2.56 bits per heavy atom. The molecule has 0 amide bonds. The lowest BCUT2D eigenvalue weighted by molar-refractivity contribution is 0.0389. The number of nitrogens with one attached hydrogen (secondary N) is 2. The molecule has 6 heteroatoms. The number of hydrogen-bond donors (Lipinski definition) is 2. The molecule has 0 radical (unpaired) electrons. The van der Waals surface area contributed by atoms with Crippen LogP contribution in [0.1, 0.15) is 6.92 Å². The van der Waals surface area contributed by atoms with E-state index in [1.54, 1.807) is 7.05 Å². The van der Waals surface area contributed by atoms with E-state index in [0.717, 1.165) is 51.9 Å². The summed E-state index contributed by atoms with van der Waals surface area (Å²) in [4.78, 5) is 6.51. The average Bonchev–Trinajstić information content (AvgIpc) is 2.29. The van der Waals surface area contributed by atoms with Gasteiger partial charge in [-0.25, -0.2) is 0 Å². The van der Waals surface area contributed by atoms with Gasteiger partial charge in [0.1, 0.15) is 0 Å². The number of aliphatic imine (C=N–C) groups is 1. The van der Waals surface area contributed by atoms with Crippen LogP contribution in [0.5, 0.6) is 0 Å². The van der Waals surface area contributed by atoms with Gasteiger partial charge in [-0.3, -0.25) is 9.89 Å². The molecule has 0 atom stereocenters. The molecule has 5 nitrogen and oxygen atoms in total. The molecule has 0 bridgehead atoms. The predicted molar refractivity (Wildman–Crippen MR) is 77.7 cm³/mol. The molecule has 0 saturated carbocycles. The highest BCUT2D eigenvalue weighted by atomic mass is 127. The van der Waals surface area contributed by atoms with Gasteiger partial charge in [0, 0.05) is 39.8 Å². The standard InChI is InChI=1S/C10H22N4O.HI/c1-3-12-10(11-2)13-4-5-14-6-8-15-9-7-14;/h3-9H2,1-2H3,(H2,11,12,13);1H. The minimum absolute atomic E-state index is 0. The third-order valence-corrected chi connectivity index (χ3v) is 2.39. The Morgan fingerprint density at radius 1 is 1.31 bits per heavy atom. The summed E-state index contributed by atoms with van der Waals surface area (Å²) in [5.41, 5.74) is 0. The molecule has 1 rings (SSSR count). The molecule has 1 aliphatic rings. The van der Waals surface area contributed by atoms with Gasteiger partial charge in [-0.1, -0.05) is 0 Å². The van der Waals surface area contributed by atoms with Gasteiger partial charge in [-0.2, -0.15) is 0 Å². The quantitative estimate of drug-likeness (QED) is 0.433. The minimum atomic E-state index is 0. The van der Waals surface area contributed by atoms with Crippen LogP contribution in [0, 0.1) is 0 Å². The smallest absolute Gasteiger partial charge is 0.191 e. The van der Waals surface area contributed by atoms with Crippen LogP contribution < -0.4 is 10.6 Å². The van der Waals surface area contributed by atoms with Gasteiger partial charge in [0.25, 0.3) is 0 Å². The molecular formula is C10H23IN4O. The van der Waals surface area contributed by atoms with Crippen molar-refractivity contribution in [3.05, 3.63) is 0 Å². The zero-order chi connectivity index (χ0) is 10.9. The molecule has 0 unspecified atom stereocenters. The zero-order valence-electron chi connectivity index (χ0n) is 10.2. The monoisotopic (exact) mass is 342 g/mol. The summed E-state index contributed by atoms with van der Waals surface area (Å²) >= 11 is 0. The summed E-state index contributed by atoms with van der Waals surface area (Å²) in [5.74, 6) is 0.880. The molecule has 2 N–H and O–H groups in total. The second kappa shape index (κ2) is 10.1. The van der Waals surface area contributed by atoms with E-state index in [9.17, 15) is 0 Å². The molecule has 0 aromatic rings. The average molecular weight is 342 g/mol. The molecule has 0 aliphatic carbocycles. The molecule has 0 aromatic carbocycles. The highest BCUT2D eigenvalue weighted by molar-refractivity contribution is 14.0. The Labute approximate surface area is 115 Å². The third kappa shape index (κ3) is 6.49. The van der Waals surface area contributed by atoms with Gasteiger partial charge in [-0.15, -0.1) is 24.0 Å². The number of halogens is 1. The lowest BCUT2D eigenvalue weighted by Gasteiger charge is -2.26. The van der Waals surface area contributed by atoms with Crippen molar-refractivity contribution in [3.8, 4) is 0 Å². The van der Waals surface area contributed by atoms with E-state index in [1.165, 1.54) is 0 Å². The summed E-state index contributed by atoms with van der Waals surface area (Å²) in [6.07, 6.45) is 0. The van der Waals surface area contributed by atoms with Gasteiger partial charge in [0.05, 0.1) is 13.2 Å². The lowest BCUT2D eigenvalue weighted by Crippen LogP contribution is -2.44. The molecule has 1 heterocycles. The highest BCUT2D eigenvalue weighted by Gasteiger charge is 2.09. The first-order chi connectivity index (χ1) is 7.36. The molecule has 1 saturated heterocycles. The van der Waals surface area contributed by atoms with E-state index in [1.807, 2.05) is 0 Å². The SMILES string of the molecule is CCNC(=NC)NCCN1CCOCC1.I. The lowest BCUT2D eigenvalue weighted by atomic mass is 10.4. The molecule has 1 fully saturated rings. The first-order valence-electron chi connectivity index (χ1n) is 5.61. The van der Waals surface area contributed by atoms with Crippen LogP contribution in [0.3, 0.4) is 0 Å². The largest absolute Gasteiger partial charge is 0.379 e. The van der Waals surface area contributed by atoms with Gasteiger partial charge >= 0.3 is 0 Å². The number of morpholine rings is 1. The molecule has 16 heavy (non-hydrogen) atoms. The Hall–Kier alpha value is -0.0800. The van der Waals surface area contributed by atoms with Gasteiger partial charge < -0.3 is 15.4 Å². The predicted octanol–water partition coefficient (Wildman–Crippen LogP) is 0.122. The van der Waals surface area contributed by atoms with E-state index in [4.69, 9.17) is 4.74 Å². The molecule has 0 spiro atoms. The number of guanidine groups is 1. The first-order valence-corrected chi connectivity index (χ1v) is 5.61. The molecular weight excluding hydrogens is 319 g/mol. The zero-order valence-corrected chi connectivity index (χ0v) is 12.5. The maximum atomic E-state index is 5.29. The van der Waals surface area contributed by atoms with Crippen LogP contribution in [-0.4, -0.2) is 63.8 Å². The van der Waals surface area contributed by atoms with Crippen LogP contribution in [0.25, 0.3) is 0 Å². The number of ether oxygens (including phenoxy) is 1. The van der Waals surface area contributed by atoms with Crippen molar-refractivity contribution in [3.63, 3.8) is 0 Å². The fraction of sp³-hybridized carbons (Fsp3) is 0.900. The molecule has 1 aliphatic heterocycles. The molecule has 0 aromatic heterocycles. The van der Waals surface area contributed by atoms with Crippen molar-refractivity contribution >= 4 is 29.9 Å². The maximum Gasteiger partial charge on any atom is 0.191 e. The van der Waals surface area contributed by atoms with E-state index < -0.39 is 0 Å².